The van der Waals surface area contributed by atoms with Crippen molar-refractivity contribution in [2.45, 2.75) is 26.4 Å². The quantitative estimate of drug-likeness (QED) is 0.791. The summed E-state index contributed by atoms with van der Waals surface area (Å²) in [5.41, 5.74) is 0. The van der Waals surface area contributed by atoms with Gasteiger partial charge in [0.15, 0.2) is 6.10 Å². The third-order valence-corrected chi connectivity index (χ3v) is 3.01. The van der Waals surface area contributed by atoms with Gasteiger partial charge in [0.25, 0.3) is 5.91 Å². The van der Waals surface area contributed by atoms with Gasteiger partial charge in [-0.05, 0) is 38.1 Å². The first-order valence-corrected chi connectivity index (χ1v) is 6.79. The maximum absolute atomic E-state index is 12.2. The van der Waals surface area contributed by atoms with Gasteiger partial charge >= 0.3 is 5.97 Å². The number of rotatable bonds is 8. The lowest BCUT2D eigenvalue weighted by molar-refractivity contribution is -0.140. The maximum atomic E-state index is 12.2. The SMILES string of the molecule is CCN(CCC(=O)O)C(=O)C(C)Oc1ccc(OC)cc1. The van der Waals surface area contributed by atoms with Gasteiger partial charge in [0.2, 0.25) is 0 Å². The van der Waals surface area contributed by atoms with Crippen LogP contribution in [0.5, 0.6) is 11.5 Å². The predicted molar refractivity (Wildman–Crippen MR) is 77.6 cm³/mol. The minimum atomic E-state index is -0.926. The zero-order valence-corrected chi connectivity index (χ0v) is 12.5. The summed E-state index contributed by atoms with van der Waals surface area (Å²) in [6.07, 6.45) is -0.749. The molecule has 1 atom stereocenters. The third-order valence-electron chi connectivity index (χ3n) is 3.01. The maximum Gasteiger partial charge on any atom is 0.305 e. The van der Waals surface area contributed by atoms with Crippen molar-refractivity contribution in [3.63, 3.8) is 0 Å². The second-order valence-electron chi connectivity index (χ2n) is 4.50. The van der Waals surface area contributed by atoms with Crippen molar-refractivity contribution in [2.24, 2.45) is 0 Å². The van der Waals surface area contributed by atoms with Gasteiger partial charge in [-0.1, -0.05) is 0 Å². The lowest BCUT2D eigenvalue weighted by Gasteiger charge is -2.24. The Morgan fingerprint density at radius 1 is 1.24 bits per heavy atom. The number of carboxylic acids is 1. The van der Waals surface area contributed by atoms with Crippen molar-refractivity contribution in [1.82, 2.24) is 4.90 Å². The molecule has 6 nitrogen and oxygen atoms in total. The Labute approximate surface area is 124 Å². The first-order chi connectivity index (χ1) is 9.97. The Morgan fingerprint density at radius 2 is 1.81 bits per heavy atom. The second kappa shape index (κ2) is 8.14. The van der Waals surface area contributed by atoms with E-state index in [0.29, 0.717) is 18.0 Å². The van der Waals surface area contributed by atoms with Gasteiger partial charge in [0, 0.05) is 13.1 Å². The summed E-state index contributed by atoms with van der Waals surface area (Å²) in [6, 6.07) is 6.93. The molecule has 0 fully saturated rings. The van der Waals surface area contributed by atoms with Gasteiger partial charge in [0.1, 0.15) is 11.5 Å². The van der Waals surface area contributed by atoms with Crippen LogP contribution in [-0.4, -0.2) is 48.2 Å². The van der Waals surface area contributed by atoms with E-state index in [-0.39, 0.29) is 18.9 Å². The van der Waals surface area contributed by atoms with Gasteiger partial charge < -0.3 is 19.5 Å². The van der Waals surface area contributed by atoms with E-state index in [1.54, 1.807) is 45.2 Å². The molecule has 0 saturated carbocycles. The van der Waals surface area contributed by atoms with Crippen LogP contribution in [0.1, 0.15) is 20.3 Å². The number of benzene rings is 1. The summed E-state index contributed by atoms with van der Waals surface area (Å²) in [5.74, 6) is 0.114. The molecule has 1 unspecified atom stereocenters. The summed E-state index contributed by atoms with van der Waals surface area (Å²) in [4.78, 5) is 24.3. The van der Waals surface area contributed by atoms with Crippen molar-refractivity contribution < 1.29 is 24.2 Å². The summed E-state index contributed by atoms with van der Waals surface area (Å²) >= 11 is 0. The average Bonchev–Trinajstić information content (AvgIpc) is 2.48. The van der Waals surface area contributed by atoms with Crippen LogP contribution in [0.4, 0.5) is 0 Å². The lowest BCUT2D eigenvalue weighted by Crippen LogP contribution is -2.41. The van der Waals surface area contributed by atoms with E-state index in [2.05, 4.69) is 0 Å². The Morgan fingerprint density at radius 3 is 2.29 bits per heavy atom. The highest BCUT2D eigenvalue weighted by Crippen LogP contribution is 2.18. The highest BCUT2D eigenvalue weighted by Gasteiger charge is 2.21. The minimum absolute atomic E-state index is 0.0746. The molecule has 0 saturated heterocycles. The largest absolute Gasteiger partial charge is 0.497 e. The molecule has 21 heavy (non-hydrogen) atoms. The molecule has 0 radical (unpaired) electrons. The summed E-state index contributed by atoms with van der Waals surface area (Å²) in [7, 11) is 1.57. The Bertz CT molecular complexity index is 471. The van der Waals surface area contributed by atoms with Crippen molar-refractivity contribution in [2.75, 3.05) is 20.2 Å². The van der Waals surface area contributed by atoms with Crippen molar-refractivity contribution in [3.8, 4) is 11.5 Å². The van der Waals surface area contributed by atoms with Gasteiger partial charge in [-0.3, -0.25) is 9.59 Å². The van der Waals surface area contributed by atoms with Gasteiger partial charge in [-0.15, -0.1) is 0 Å². The molecule has 0 aromatic heterocycles. The zero-order valence-electron chi connectivity index (χ0n) is 12.5. The van der Waals surface area contributed by atoms with Crippen LogP contribution < -0.4 is 9.47 Å². The van der Waals surface area contributed by atoms with Gasteiger partial charge in [-0.2, -0.15) is 0 Å². The molecule has 1 rings (SSSR count). The topological polar surface area (TPSA) is 76.1 Å². The summed E-state index contributed by atoms with van der Waals surface area (Å²) in [5, 5.41) is 8.68. The molecule has 1 amide bonds. The van der Waals surface area contributed by atoms with E-state index in [0.717, 1.165) is 0 Å². The Hall–Kier alpha value is -2.24. The van der Waals surface area contributed by atoms with Crippen molar-refractivity contribution >= 4 is 11.9 Å². The predicted octanol–water partition coefficient (Wildman–Crippen LogP) is 1.79. The number of nitrogens with zero attached hydrogens (tertiary/aromatic N) is 1. The zero-order chi connectivity index (χ0) is 15.8. The van der Waals surface area contributed by atoms with Crippen LogP contribution in [0.3, 0.4) is 0 Å². The highest BCUT2D eigenvalue weighted by atomic mass is 16.5. The van der Waals surface area contributed by atoms with E-state index in [1.165, 1.54) is 4.90 Å². The number of methoxy groups -OCH3 is 1. The molecule has 0 aliphatic heterocycles. The van der Waals surface area contributed by atoms with E-state index < -0.39 is 12.1 Å². The molecule has 1 aromatic rings. The van der Waals surface area contributed by atoms with Crippen molar-refractivity contribution in [1.29, 1.82) is 0 Å². The van der Waals surface area contributed by atoms with E-state index >= 15 is 0 Å². The molecule has 1 aromatic carbocycles. The number of likely N-dealkylation sites (N-methyl/N-ethyl adjacent to an activating group) is 1. The van der Waals surface area contributed by atoms with Crippen LogP contribution in [0.15, 0.2) is 24.3 Å². The Kier molecular flexibility index (Phi) is 6.52. The average molecular weight is 295 g/mol. The fourth-order valence-corrected chi connectivity index (χ4v) is 1.82. The van der Waals surface area contributed by atoms with E-state index in [1.807, 2.05) is 0 Å². The molecule has 116 valence electrons. The van der Waals surface area contributed by atoms with E-state index in [9.17, 15) is 9.59 Å². The fraction of sp³-hybridized carbons (Fsp3) is 0.467. The van der Waals surface area contributed by atoms with Crippen LogP contribution in [0, 0.1) is 0 Å². The number of hydrogen-bond acceptors (Lipinski definition) is 4. The number of carboxylic acid groups (broad SMARTS) is 1. The lowest BCUT2D eigenvalue weighted by atomic mass is 10.3. The first-order valence-electron chi connectivity index (χ1n) is 6.79. The summed E-state index contributed by atoms with van der Waals surface area (Å²) < 4.78 is 10.6. The highest BCUT2D eigenvalue weighted by molar-refractivity contribution is 5.81. The van der Waals surface area contributed by atoms with Crippen LogP contribution in [0.25, 0.3) is 0 Å². The van der Waals surface area contributed by atoms with Crippen LogP contribution in [-0.2, 0) is 9.59 Å². The monoisotopic (exact) mass is 295 g/mol. The van der Waals surface area contributed by atoms with Crippen LogP contribution >= 0.6 is 0 Å². The second-order valence-corrected chi connectivity index (χ2v) is 4.50. The standard InChI is InChI=1S/C15H21NO5/c1-4-16(10-9-14(17)18)15(19)11(2)21-13-7-5-12(20-3)6-8-13/h5-8,11H,4,9-10H2,1-3H3,(H,17,18). The van der Waals surface area contributed by atoms with E-state index in [4.69, 9.17) is 14.6 Å². The number of amides is 1. The molecule has 0 heterocycles. The normalized spacial score (nSPS) is 11.6. The Balaban J connectivity index is 2.60. The molecule has 6 heteroatoms. The van der Waals surface area contributed by atoms with Crippen molar-refractivity contribution in [3.05, 3.63) is 24.3 Å². The number of carbonyl (C=O) groups is 2. The molecule has 0 aliphatic carbocycles. The number of ether oxygens (including phenoxy) is 2. The molecule has 0 bridgehead atoms. The third kappa shape index (κ3) is 5.33. The molecule has 0 spiro atoms. The molecular formula is C15H21NO5. The van der Waals surface area contributed by atoms with Crippen LogP contribution in [0.2, 0.25) is 0 Å². The number of carbonyl (C=O) groups excluding carboxylic acids is 1. The van der Waals surface area contributed by atoms with Gasteiger partial charge in [0.05, 0.1) is 13.5 Å². The minimum Gasteiger partial charge on any atom is -0.497 e. The first kappa shape index (κ1) is 16.8. The van der Waals surface area contributed by atoms with Gasteiger partial charge in [-0.25, -0.2) is 0 Å². The molecule has 1 N–H and O–H groups in total. The number of aliphatic carboxylic acids is 1. The molecule has 0 aliphatic rings. The fourth-order valence-electron chi connectivity index (χ4n) is 1.82. The summed E-state index contributed by atoms with van der Waals surface area (Å²) in [6.45, 7) is 4.08. The molecular weight excluding hydrogens is 274 g/mol. The number of hydrogen-bond donors (Lipinski definition) is 1. The smallest absolute Gasteiger partial charge is 0.305 e.